The van der Waals surface area contributed by atoms with Crippen molar-refractivity contribution in [2.24, 2.45) is 5.92 Å². The van der Waals surface area contributed by atoms with E-state index in [9.17, 15) is 24.6 Å². The van der Waals surface area contributed by atoms with Gasteiger partial charge in [-0.2, -0.15) is 0 Å². The van der Waals surface area contributed by atoms with Crippen LogP contribution in [0.5, 0.6) is 11.5 Å². The van der Waals surface area contributed by atoms with E-state index in [1.54, 1.807) is 20.8 Å². The quantitative estimate of drug-likeness (QED) is 0.830. The standard InChI is InChI=1S/C15H16O5/c1-6(2)10-12-11(8(5-16)14(19)15(10)20)9(17)4-7(3)13(12)18/h5-7,19-20H,4H2,1-3H3/p-1. The summed E-state index contributed by atoms with van der Waals surface area (Å²) in [6.45, 7) is 5.02. The highest BCUT2D eigenvalue weighted by Crippen LogP contribution is 2.43. The van der Waals surface area contributed by atoms with Gasteiger partial charge in [-0.25, -0.2) is 0 Å². The largest absolute Gasteiger partial charge is 0.870 e. The molecule has 0 saturated carbocycles. The Morgan fingerprint density at radius 1 is 1.30 bits per heavy atom. The summed E-state index contributed by atoms with van der Waals surface area (Å²) in [6, 6.07) is 0. The van der Waals surface area contributed by atoms with Crippen LogP contribution in [0.2, 0.25) is 0 Å². The second-order valence-corrected chi connectivity index (χ2v) is 5.42. The summed E-state index contributed by atoms with van der Waals surface area (Å²) in [4.78, 5) is 35.6. The molecular formula is C15H15O5-. The van der Waals surface area contributed by atoms with E-state index in [-0.39, 0.29) is 52.4 Å². The second-order valence-electron chi connectivity index (χ2n) is 5.42. The molecule has 5 heteroatoms. The number of aldehydes is 1. The summed E-state index contributed by atoms with van der Waals surface area (Å²) in [7, 11) is 0. The Bertz CT molecular complexity index is 628. The number of benzene rings is 1. The first-order valence-corrected chi connectivity index (χ1v) is 6.43. The molecule has 0 bridgehead atoms. The fraction of sp³-hybridized carbons (Fsp3) is 0.400. The molecule has 106 valence electrons. The highest BCUT2D eigenvalue weighted by atomic mass is 16.3. The van der Waals surface area contributed by atoms with Crippen LogP contribution < -0.4 is 5.11 Å². The van der Waals surface area contributed by atoms with Crippen LogP contribution in [0.25, 0.3) is 0 Å². The summed E-state index contributed by atoms with van der Waals surface area (Å²) in [5.41, 5.74) is -0.315. The highest BCUT2D eigenvalue weighted by molar-refractivity contribution is 6.19. The molecule has 1 unspecified atom stereocenters. The van der Waals surface area contributed by atoms with Crippen LogP contribution in [0.1, 0.15) is 69.7 Å². The van der Waals surface area contributed by atoms with Crippen molar-refractivity contribution >= 4 is 17.9 Å². The molecule has 5 nitrogen and oxygen atoms in total. The smallest absolute Gasteiger partial charge is 0.167 e. The zero-order valence-corrected chi connectivity index (χ0v) is 11.5. The summed E-state index contributed by atoms with van der Waals surface area (Å²) < 4.78 is 0. The summed E-state index contributed by atoms with van der Waals surface area (Å²) in [6.07, 6.45) is 0.253. The van der Waals surface area contributed by atoms with E-state index in [2.05, 4.69) is 0 Å². The van der Waals surface area contributed by atoms with Gasteiger partial charge in [0.15, 0.2) is 17.9 Å². The number of aromatic hydroxyl groups is 1. The van der Waals surface area contributed by atoms with Crippen molar-refractivity contribution < 1.29 is 24.6 Å². The van der Waals surface area contributed by atoms with Crippen molar-refractivity contribution in [2.45, 2.75) is 33.1 Å². The molecule has 1 aliphatic carbocycles. The van der Waals surface area contributed by atoms with Crippen LogP contribution in [0, 0.1) is 5.92 Å². The van der Waals surface area contributed by atoms with Gasteiger partial charge in [0.1, 0.15) is 5.75 Å². The first-order valence-electron chi connectivity index (χ1n) is 6.43. The van der Waals surface area contributed by atoms with Crippen molar-refractivity contribution in [1.29, 1.82) is 0 Å². The monoisotopic (exact) mass is 275 g/mol. The number of carbonyl (C=O) groups excluding carboxylic acids is 3. The number of rotatable bonds is 2. The zero-order chi connectivity index (χ0) is 15.2. The maximum Gasteiger partial charge on any atom is 0.167 e. The number of phenolic OH excluding ortho intramolecular Hbond substituents is 1. The molecule has 2 rings (SSSR count). The Morgan fingerprint density at radius 2 is 1.90 bits per heavy atom. The lowest BCUT2D eigenvalue weighted by molar-refractivity contribution is -0.271. The van der Waals surface area contributed by atoms with Gasteiger partial charge in [0, 0.05) is 23.5 Å². The molecule has 0 radical (unpaired) electrons. The maximum absolute atomic E-state index is 12.3. The Balaban J connectivity index is 2.98. The molecule has 1 aromatic carbocycles. The van der Waals surface area contributed by atoms with E-state index in [4.69, 9.17) is 0 Å². The lowest BCUT2D eigenvalue weighted by Crippen LogP contribution is -2.29. The predicted octanol–water partition coefficient (Wildman–Crippen LogP) is 1.81. The molecule has 20 heavy (non-hydrogen) atoms. The van der Waals surface area contributed by atoms with Gasteiger partial charge in [-0.3, -0.25) is 14.4 Å². The first kappa shape index (κ1) is 14.2. The van der Waals surface area contributed by atoms with Gasteiger partial charge >= 0.3 is 0 Å². The molecule has 0 aliphatic heterocycles. The molecule has 0 heterocycles. The fourth-order valence-corrected chi connectivity index (χ4v) is 2.68. The van der Waals surface area contributed by atoms with Crippen molar-refractivity contribution in [1.82, 2.24) is 0 Å². The van der Waals surface area contributed by atoms with Gasteiger partial charge < -0.3 is 10.2 Å². The molecular weight excluding hydrogens is 260 g/mol. The lowest BCUT2D eigenvalue weighted by Gasteiger charge is -2.29. The lowest BCUT2D eigenvalue weighted by atomic mass is 9.76. The Labute approximate surface area is 116 Å². The molecule has 1 aromatic rings. The molecule has 0 aromatic heterocycles. The third kappa shape index (κ3) is 1.81. The predicted molar refractivity (Wildman–Crippen MR) is 69.5 cm³/mol. The highest BCUT2D eigenvalue weighted by Gasteiger charge is 2.36. The Hall–Kier alpha value is -2.17. The van der Waals surface area contributed by atoms with Crippen LogP contribution in [0.15, 0.2) is 0 Å². The average molecular weight is 275 g/mol. The van der Waals surface area contributed by atoms with Gasteiger partial charge in [-0.1, -0.05) is 26.5 Å². The molecule has 0 amide bonds. The minimum atomic E-state index is -0.740. The topological polar surface area (TPSA) is 94.5 Å². The Kier molecular flexibility index (Phi) is 3.38. The number of carbonyl (C=O) groups is 3. The zero-order valence-electron chi connectivity index (χ0n) is 11.5. The van der Waals surface area contributed by atoms with Crippen molar-refractivity contribution in [3.63, 3.8) is 0 Å². The molecule has 0 saturated heterocycles. The van der Waals surface area contributed by atoms with Crippen LogP contribution in [-0.4, -0.2) is 23.0 Å². The van der Waals surface area contributed by atoms with Gasteiger partial charge in [-0.05, 0) is 11.5 Å². The Morgan fingerprint density at radius 3 is 2.40 bits per heavy atom. The fourth-order valence-electron chi connectivity index (χ4n) is 2.68. The summed E-state index contributed by atoms with van der Waals surface area (Å²) >= 11 is 0. The number of ketones is 2. The van der Waals surface area contributed by atoms with E-state index < -0.39 is 17.4 Å². The van der Waals surface area contributed by atoms with E-state index in [1.165, 1.54) is 0 Å². The maximum atomic E-state index is 12.3. The molecule has 1 N–H and O–H groups in total. The van der Waals surface area contributed by atoms with Crippen molar-refractivity contribution in [2.75, 3.05) is 0 Å². The summed E-state index contributed by atoms with van der Waals surface area (Å²) in [5, 5.41) is 22.0. The van der Waals surface area contributed by atoms with E-state index in [1.807, 2.05) is 0 Å². The van der Waals surface area contributed by atoms with Crippen LogP contribution in [0.3, 0.4) is 0 Å². The van der Waals surface area contributed by atoms with Crippen LogP contribution >= 0.6 is 0 Å². The van der Waals surface area contributed by atoms with Crippen LogP contribution in [0.4, 0.5) is 0 Å². The van der Waals surface area contributed by atoms with Gasteiger partial charge in [0.05, 0.1) is 5.56 Å². The number of fused-ring (bicyclic) bond motifs is 1. The number of phenols is 1. The summed E-state index contributed by atoms with van der Waals surface area (Å²) in [5.74, 6) is -3.02. The normalized spacial score (nSPS) is 18.3. The average Bonchev–Trinajstić information content (AvgIpc) is 2.37. The number of Topliss-reactive ketones (excluding diaryl/α,β-unsaturated/α-hetero) is 2. The van der Waals surface area contributed by atoms with Crippen LogP contribution in [-0.2, 0) is 0 Å². The minimum Gasteiger partial charge on any atom is -0.870 e. The minimum absolute atomic E-state index is 0.0121. The first-order chi connectivity index (χ1) is 9.31. The number of hydrogen-bond donors (Lipinski definition) is 1. The van der Waals surface area contributed by atoms with E-state index in [0.29, 0.717) is 0 Å². The molecule has 1 aliphatic rings. The molecule has 0 spiro atoms. The van der Waals surface area contributed by atoms with Gasteiger partial charge in [-0.15, -0.1) is 0 Å². The number of hydrogen-bond acceptors (Lipinski definition) is 5. The third-order valence-corrected chi connectivity index (χ3v) is 3.66. The molecule has 0 fully saturated rings. The van der Waals surface area contributed by atoms with E-state index in [0.717, 1.165) is 0 Å². The van der Waals surface area contributed by atoms with Gasteiger partial charge in [0.2, 0.25) is 0 Å². The molecule has 1 atom stereocenters. The third-order valence-electron chi connectivity index (χ3n) is 3.66. The van der Waals surface area contributed by atoms with Gasteiger partial charge in [0.25, 0.3) is 0 Å². The van der Waals surface area contributed by atoms with Crippen molar-refractivity contribution in [3.05, 3.63) is 22.3 Å². The van der Waals surface area contributed by atoms with E-state index >= 15 is 0 Å². The SMILES string of the molecule is CC1CC(=O)c2c(C=O)c(O)c([O-])c(C(C)C)c2C1=O. The van der Waals surface area contributed by atoms with Crippen molar-refractivity contribution in [3.8, 4) is 11.5 Å². The second kappa shape index (κ2) is 4.74.